The van der Waals surface area contributed by atoms with Crippen molar-refractivity contribution in [3.63, 3.8) is 0 Å². The van der Waals surface area contributed by atoms with Crippen LogP contribution in [0, 0.1) is 11.8 Å². The van der Waals surface area contributed by atoms with E-state index in [1.54, 1.807) is 7.11 Å². The SMILES string of the molecule is CCCCCCC#Cc1ccc(OC)cc1N(C)C. The monoisotopic (exact) mass is 259 g/mol. The maximum absolute atomic E-state index is 5.26. The van der Waals surface area contributed by atoms with Gasteiger partial charge >= 0.3 is 0 Å². The van der Waals surface area contributed by atoms with Gasteiger partial charge in [-0.3, -0.25) is 0 Å². The van der Waals surface area contributed by atoms with Gasteiger partial charge in [0.25, 0.3) is 0 Å². The summed E-state index contributed by atoms with van der Waals surface area (Å²) in [5, 5.41) is 0. The summed E-state index contributed by atoms with van der Waals surface area (Å²) in [6.07, 6.45) is 6.06. The number of hydrogen-bond acceptors (Lipinski definition) is 2. The molecule has 19 heavy (non-hydrogen) atoms. The van der Waals surface area contributed by atoms with E-state index in [0.29, 0.717) is 0 Å². The van der Waals surface area contributed by atoms with Crippen LogP contribution in [0.5, 0.6) is 5.75 Å². The van der Waals surface area contributed by atoms with Gasteiger partial charge in [-0.15, -0.1) is 0 Å². The summed E-state index contributed by atoms with van der Waals surface area (Å²) in [4.78, 5) is 2.07. The van der Waals surface area contributed by atoms with Crippen molar-refractivity contribution in [1.82, 2.24) is 0 Å². The zero-order valence-electron chi connectivity index (χ0n) is 12.6. The highest BCUT2D eigenvalue weighted by molar-refractivity contribution is 5.62. The van der Waals surface area contributed by atoms with Crippen molar-refractivity contribution in [3.8, 4) is 17.6 Å². The number of ether oxygens (including phenoxy) is 1. The fourth-order valence-corrected chi connectivity index (χ4v) is 1.91. The fraction of sp³-hybridized carbons (Fsp3) is 0.529. The number of hydrogen-bond donors (Lipinski definition) is 0. The highest BCUT2D eigenvalue weighted by Gasteiger charge is 2.04. The molecule has 0 bridgehead atoms. The van der Waals surface area contributed by atoms with Gasteiger partial charge in [-0.2, -0.15) is 0 Å². The molecule has 0 saturated heterocycles. The quantitative estimate of drug-likeness (QED) is 0.564. The number of benzene rings is 1. The molecule has 0 fully saturated rings. The van der Waals surface area contributed by atoms with E-state index >= 15 is 0 Å². The van der Waals surface area contributed by atoms with Crippen LogP contribution in [0.1, 0.15) is 44.6 Å². The summed E-state index contributed by atoms with van der Waals surface area (Å²) in [5.41, 5.74) is 2.18. The Balaban J connectivity index is 2.69. The Morgan fingerprint density at radius 2 is 1.95 bits per heavy atom. The second-order valence-corrected chi connectivity index (χ2v) is 4.89. The van der Waals surface area contributed by atoms with Crippen LogP contribution in [0.2, 0.25) is 0 Å². The molecule has 0 heterocycles. The molecule has 0 radical (unpaired) electrons. The Morgan fingerprint density at radius 1 is 1.16 bits per heavy atom. The minimum absolute atomic E-state index is 0.872. The summed E-state index contributed by atoms with van der Waals surface area (Å²) in [6, 6.07) is 6.03. The smallest absolute Gasteiger partial charge is 0.121 e. The van der Waals surface area contributed by atoms with Crippen molar-refractivity contribution in [3.05, 3.63) is 23.8 Å². The molecule has 0 saturated carbocycles. The average Bonchev–Trinajstić information content (AvgIpc) is 2.42. The van der Waals surface area contributed by atoms with Gasteiger partial charge in [-0.25, -0.2) is 0 Å². The van der Waals surface area contributed by atoms with E-state index in [1.807, 2.05) is 32.3 Å². The number of methoxy groups -OCH3 is 1. The molecule has 1 aromatic carbocycles. The topological polar surface area (TPSA) is 12.5 Å². The summed E-state index contributed by atoms with van der Waals surface area (Å²) < 4.78 is 5.26. The molecule has 0 aliphatic carbocycles. The van der Waals surface area contributed by atoms with Gasteiger partial charge in [-0.1, -0.05) is 38.0 Å². The lowest BCUT2D eigenvalue weighted by Crippen LogP contribution is -2.10. The van der Waals surface area contributed by atoms with E-state index in [0.717, 1.165) is 23.4 Å². The molecule has 0 aliphatic rings. The number of unbranched alkanes of at least 4 members (excludes halogenated alkanes) is 4. The van der Waals surface area contributed by atoms with E-state index in [4.69, 9.17) is 4.74 Å². The van der Waals surface area contributed by atoms with E-state index in [9.17, 15) is 0 Å². The van der Waals surface area contributed by atoms with Gasteiger partial charge in [0.15, 0.2) is 0 Å². The standard InChI is InChI=1S/C17H25NO/c1-5-6-7-8-9-10-11-15-12-13-16(19-4)14-17(15)18(2)3/h12-14H,5-9H2,1-4H3. The zero-order chi connectivity index (χ0) is 14.1. The van der Waals surface area contributed by atoms with Crippen molar-refractivity contribution in [1.29, 1.82) is 0 Å². The highest BCUT2D eigenvalue weighted by Crippen LogP contribution is 2.23. The molecule has 2 heteroatoms. The van der Waals surface area contributed by atoms with Crippen molar-refractivity contribution in [2.45, 2.75) is 39.0 Å². The summed E-state index contributed by atoms with van der Waals surface area (Å²) in [5.74, 6) is 7.42. The molecule has 2 nitrogen and oxygen atoms in total. The van der Waals surface area contributed by atoms with Gasteiger partial charge < -0.3 is 9.64 Å². The zero-order valence-corrected chi connectivity index (χ0v) is 12.6. The Hall–Kier alpha value is -1.62. The second-order valence-electron chi connectivity index (χ2n) is 4.89. The molecule has 0 aliphatic heterocycles. The van der Waals surface area contributed by atoms with E-state index in [-0.39, 0.29) is 0 Å². The lowest BCUT2D eigenvalue weighted by atomic mass is 10.1. The number of anilines is 1. The largest absolute Gasteiger partial charge is 0.497 e. The van der Waals surface area contributed by atoms with Crippen LogP contribution in [0.4, 0.5) is 5.69 Å². The molecule has 1 rings (SSSR count). The first kappa shape index (κ1) is 15.4. The lowest BCUT2D eigenvalue weighted by molar-refractivity contribution is 0.415. The predicted octanol–water partition coefficient (Wildman–Crippen LogP) is 4.08. The van der Waals surface area contributed by atoms with Crippen LogP contribution in [-0.4, -0.2) is 21.2 Å². The first-order valence-electron chi connectivity index (χ1n) is 7.03. The average molecular weight is 259 g/mol. The van der Waals surface area contributed by atoms with Crippen molar-refractivity contribution in [2.75, 3.05) is 26.1 Å². The molecule has 0 unspecified atom stereocenters. The summed E-state index contributed by atoms with van der Waals surface area (Å²) in [7, 11) is 5.75. The first-order chi connectivity index (χ1) is 9.19. The van der Waals surface area contributed by atoms with Crippen LogP contribution in [0.15, 0.2) is 18.2 Å². The van der Waals surface area contributed by atoms with E-state index in [1.165, 1.54) is 25.7 Å². The summed E-state index contributed by atoms with van der Waals surface area (Å²) in [6.45, 7) is 2.23. The number of nitrogens with zero attached hydrogens (tertiary/aromatic N) is 1. The maximum atomic E-state index is 5.26. The van der Waals surface area contributed by atoms with Crippen molar-refractivity contribution >= 4 is 5.69 Å². The summed E-state index contributed by atoms with van der Waals surface area (Å²) >= 11 is 0. The first-order valence-corrected chi connectivity index (χ1v) is 7.03. The van der Waals surface area contributed by atoms with Crippen LogP contribution < -0.4 is 9.64 Å². The molecule has 0 aromatic heterocycles. The normalized spacial score (nSPS) is 9.68. The predicted molar refractivity (Wildman–Crippen MR) is 83.0 cm³/mol. The van der Waals surface area contributed by atoms with Crippen LogP contribution in [-0.2, 0) is 0 Å². The van der Waals surface area contributed by atoms with Gasteiger partial charge in [0, 0.05) is 32.1 Å². The lowest BCUT2D eigenvalue weighted by Gasteiger charge is -2.15. The van der Waals surface area contributed by atoms with Gasteiger partial charge in [-0.05, 0) is 18.6 Å². The third-order valence-electron chi connectivity index (χ3n) is 3.07. The minimum atomic E-state index is 0.872. The third-order valence-corrected chi connectivity index (χ3v) is 3.07. The fourth-order valence-electron chi connectivity index (χ4n) is 1.91. The van der Waals surface area contributed by atoms with Gasteiger partial charge in [0.05, 0.1) is 12.8 Å². The van der Waals surface area contributed by atoms with E-state index < -0.39 is 0 Å². The van der Waals surface area contributed by atoms with E-state index in [2.05, 4.69) is 23.7 Å². The molecular weight excluding hydrogens is 234 g/mol. The number of rotatable bonds is 6. The van der Waals surface area contributed by atoms with Crippen molar-refractivity contribution < 1.29 is 4.74 Å². The molecule has 1 aromatic rings. The molecule has 0 spiro atoms. The molecule has 0 atom stereocenters. The molecular formula is C17H25NO. The third kappa shape index (κ3) is 5.26. The van der Waals surface area contributed by atoms with Gasteiger partial charge in [0.1, 0.15) is 5.75 Å². The van der Waals surface area contributed by atoms with Gasteiger partial charge in [0.2, 0.25) is 0 Å². The van der Waals surface area contributed by atoms with Crippen LogP contribution in [0.3, 0.4) is 0 Å². The second kappa shape index (κ2) is 8.48. The van der Waals surface area contributed by atoms with Crippen molar-refractivity contribution in [2.24, 2.45) is 0 Å². The Labute approximate surface area is 117 Å². The molecule has 0 amide bonds. The Morgan fingerprint density at radius 3 is 2.58 bits per heavy atom. The Bertz CT molecular complexity index is 440. The molecule has 104 valence electrons. The minimum Gasteiger partial charge on any atom is -0.497 e. The van der Waals surface area contributed by atoms with Crippen LogP contribution in [0.25, 0.3) is 0 Å². The highest BCUT2D eigenvalue weighted by atomic mass is 16.5. The van der Waals surface area contributed by atoms with Crippen LogP contribution >= 0.6 is 0 Å². The Kier molecular flexibility index (Phi) is 6.89. The molecule has 0 N–H and O–H groups in total. The maximum Gasteiger partial charge on any atom is 0.121 e.